The Morgan fingerprint density at radius 1 is 1.05 bits per heavy atom. The number of anilines is 2. The largest absolute Gasteiger partial charge is 0.399 e. The van der Waals surface area contributed by atoms with Crippen LogP contribution in [-0.4, -0.2) is 18.4 Å². The molecule has 0 spiro atoms. The van der Waals surface area contributed by atoms with Crippen molar-refractivity contribution >= 4 is 23.2 Å². The van der Waals surface area contributed by atoms with Crippen molar-refractivity contribution in [1.29, 1.82) is 0 Å². The summed E-state index contributed by atoms with van der Waals surface area (Å²) in [5, 5.41) is 5.37. The van der Waals surface area contributed by atoms with E-state index in [1.165, 1.54) is 0 Å². The molecule has 2 rings (SSSR count). The van der Waals surface area contributed by atoms with Crippen LogP contribution in [0.15, 0.2) is 42.5 Å². The standard InChI is InChI=1S/C17H19N3O2/c1-11-4-3-5-15(12(11)2)20-16(21)10-19-17(22)13-6-8-14(18)9-7-13/h3-9H,10,18H2,1-2H3,(H,19,22)(H,20,21). The van der Waals surface area contributed by atoms with Crippen molar-refractivity contribution in [2.45, 2.75) is 13.8 Å². The number of benzene rings is 2. The van der Waals surface area contributed by atoms with E-state index in [0.717, 1.165) is 16.8 Å². The Bertz CT molecular complexity index is 694. The maximum absolute atomic E-state index is 11.9. The number of nitrogens with one attached hydrogen (secondary N) is 2. The minimum absolute atomic E-state index is 0.0867. The summed E-state index contributed by atoms with van der Waals surface area (Å²) in [4.78, 5) is 23.8. The Balaban J connectivity index is 1.91. The van der Waals surface area contributed by atoms with Gasteiger partial charge in [0.2, 0.25) is 5.91 Å². The quantitative estimate of drug-likeness (QED) is 0.757. The van der Waals surface area contributed by atoms with Gasteiger partial charge in [0.1, 0.15) is 0 Å². The zero-order valence-corrected chi connectivity index (χ0v) is 12.6. The van der Waals surface area contributed by atoms with Gasteiger partial charge in [0.15, 0.2) is 0 Å². The molecule has 5 nitrogen and oxygen atoms in total. The molecule has 0 aliphatic carbocycles. The summed E-state index contributed by atoms with van der Waals surface area (Å²) in [6.45, 7) is 3.84. The molecule has 0 heterocycles. The lowest BCUT2D eigenvalue weighted by Crippen LogP contribution is -2.33. The lowest BCUT2D eigenvalue weighted by atomic mass is 10.1. The normalized spacial score (nSPS) is 10.1. The summed E-state index contributed by atoms with van der Waals surface area (Å²) in [6, 6.07) is 12.2. The van der Waals surface area contributed by atoms with Crippen LogP contribution < -0.4 is 16.4 Å². The zero-order valence-electron chi connectivity index (χ0n) is 12.6. The van der Waals surface area contributed by atoms with Gasteiger partial charge in [0.25, 0.3) is 5.91 Å². The molecule has 4 N–H and O–H groups in total. The SMILES string of the molecule is Cc1cccc(NC(=O)CNC(=O)c2ccc(N)cc2)c1C. The highest BCUT2D eigenvalue weighted by Gasteiger charge is 2.09. The van der Waals surface area contributed by atoms with Crippen molar-refractivity contribution in [2.75, 3.05) is 17.6 Å². The molecule has 0 bridgehead atoms. The first kappa shape index (κ1) is 15.6. The van der Waals surface area contributed by atoms with E-state index in [0.29, 0.717) is 11.3 Å². The summed E-state index contributed by atoms with van der Waals surface area (Å²) in [7, 11) is 0. The number of hydrogen-bond donors (Lipinski definition) is 3. The molecule has 2 aromatic rings. The number of carbonyl (C=O) groups excluding carboxylic acids is 2. The van der Waals surface area contributed by atoms with Gasteiger partial charge < -0.3 is 16.4 Å². The van der Waals surface area contributed by atoms with Crippen LogP contribution in [0.1, 0.15) is 21.5 Å². The summed E-state index contributed by atoms with van der Waals surface area (Å²) in [6.07, 6.45) is 0. The molecule has 0 fully saturated rings. The smallest absolute Gasteiger partial charge is 0.251 e. The molecule has 0 radical (unpaired) electrons. The Morgan fingerprint density at radius 3 is 2.41 bits per heavy atom. The van der Waals surface area contributed by atoms with Crippen LogP contribution in [0.4, 0.5) is 11.4 Å². The van der Waals surface area contributed by atoms with Gasteiger partial charge in [0, 0.05) is 16.9 Å². The van der Waals surface area contributed by atoms with E-state index in [4.69, 9.17) is 5.73 Å². The highest BCUT2D eigenvalue weighted by molar-refractivity contribution is 5.99. The fourth-order valence-electron chi connectivity index (χ4n) is 1.98. The highest BCUT2D eigenvalue weighted by atomic mass is 16.2. The second-order valence-corrected chi connectivity index (χ2v) is 5.10. The first-order valence-electron chi connectivity index (χ1n) is 6.97. The average Bonchev–Trinajstić information content (AvgIpc) is 2.50. The molecule has 2 aromatic carbocycles. The van der Waals surface area contributed by atoms with Crippen molar-refractivity contribution in [3.63, 3.8) is 0 Å². The van der Waals surface area contributed by atoms with Gasteiger partial charge >= 0.3 is 0 Å². The molecule has 2 amide bonds. The van der Waals surface area contributed by atoms with Crippen molar-refractivity contribution in [1.82, 2.24) is 5.32 Å². The molecule has 22 heavy (non-hydrogen) atoms. The van der Waals surface area contributed by atoms with Crippen LogP contribution in [0.2, 0.25) is 0 Å². The Labute approximate surface area is 129 Å². The highest BCUT2D eigenvalue weighted by Crippen LogP contribution is 2.17. The first-order chi connectivity index (χ1) is 10.5. The van der Waals surface area contributed by atoms with E-state index < -0.39 is 0 Å². The maximum atomic E-state index is 11.9. The number of aryl methyl sites for hydroxylation is 1. The number of amides is 2. The Morgan fingerprint density at radius 2 is 1.73 bits per heavy atom. The lowest BCUT2D eigenvalue weighted by molar-refractivity contribution is -0.115. The third-order valence-corrected chi connectivity index (χ3v) is 3.46. The Hall–Kier alpha value is -2.82. The summed E-state index contributed by atoms with van der Waals surface area (Å²) < 4.78 is 0. The van der Waals surface area contributed by atoms with Crippen molar-refractivity contribution in [3.05, 3.63) is 59.2 Å². The maximum Gasteiger partial charge on any atom is 0.251 e. The molecule has 0 aliphatic heterocycles. The Kier molecular flexibility index (Phi) is 4.78. The molecule has 0 atom stereocenters. The fraction of sp³-hybridized carbons (Fsp3) is 0.176. The molecule has 0 aromatic heterocycles. The second-order valence-electron chi connectivity index (χ2n) is 5.10. The summed E-state index contributed by atoms with van der Waals surface area (Å²) in [5.41, 5.74) is 9.49. The minimum atomic E-state index is -0.309. The third-order valence-electron chi connectivity index (χ3n) is 3.46. The van der Waals surface area contributed by atoms with Gasteiger partial charge in [-0.05, 0) is 55.3 Å². The van der Waals surface area contributed by atoms with E-state index in [-0.39, 0.29) is 18.4 Å². The predicted octanol–water partition coefficient (Wildman–Crippen LogP) is 2.25. The predicted molar refractivity (Wildman–Crippen MR) is 87.7 cm³/mol. The topological polar surface area (TPSA) is 84.2 Å². The minimum Gasteiger partial charge on any atom is -0.399 e. The molecule has 114 valence electrons. The van der Waals surface area contributed by atoms with Gasteiger partial charge in [-0.15, -0.1) is 0 Å². The van der Waals surface area contributed by atoms with E-state index >= 15 is 0 Å². The van der Waals surface area contributed by atoms with Crippen LogP contribution in [0.5, 0.6) is 0 Å². The van der Waals surface area contributed by atoms with E-state index in [1.54, 1.807) is 24.3 Å². The zero-order chi connectivity index (χ0) is 16.1. The second kappa shape index (κ2) is 6.76. The number of nitrogens with two attached hydrogens (primary N) is 1. The molecular weight excluding hydrogens is 278 g/mol. The molecular formula is C17H19N3O2. The van der Waals surface area contributed by atoms with Gasteiger partial charge in [-0.3, -0.25) is 9.59 Å². The van der Waals surface area contributed by atoms with Gasteiger partial charge in [-0.25, -0.2) is 0 Å². The number of rotatable bonds is 4. The number of carbonyl (C=O) groups is 2. The van der Waals surface area contributed by atoms with Crippen molar-refractivity contribution < 1.29 is 9.59 Å². The summed E-state index contributed by atoms with van der Waals surface area (Å²) in [5.74, 6) is -0.575. The lowest BCUT2D eigenvalue weighted by Gasteiger charge is -2.11. The van der Waals surface area contributed by atoms with Crippen LogP contribution in [0.25, 0.3) is 0 Å². The van der Waals surface area contributed by atoms with Crippen molar-refractivity contribution in [2.24, 2.45) is 0 Å². The number of hydrogen-bond acceptors (Lipinski definition) is 3. The fourth-order valence-corrected chi connectivity index (χ4v) is 1.98. The van der Waals surface area contributed by atoms with Crippen LogP contribution in [0, 0.1) is 13.8 Å². The molecule has 5 heteroatoms. The number of nitrogen functional groups attached to an aromatic ring is 1. The monoisotopic (exact) mass is 297 g/mol. The molecule has 0 unspecified atom stereocenters. The molecule has 0 saturated heterocycles. The van der Waals surface area contributed by atoms with Crippen LogP contribution in [-0.2, 0) is 4.79 Å². The van der Waals surface area contributed by atoms with E-state index in [2.05, 4.69) is 10.6 Å². The van der Waals surface area contributed by atoms with Crippen LogP contribution >= 0.6 is 0 Å². The van der Waals surface area contributed by atoms with E-state index in [1.807, 2.05) is 32.0 Å². The van der Waals surface area contributed by atoms with Crippen molar-refractivity contribution in [3.8, 4) is 0 Å². The van der Waals surface area contributed by atoms with Crippen LogP contribution in [0.3, 0.4) is 0 Å². The van der Waals surface area contributed by atoms with Gasteiger partial charge in [-0.1, -0.05) is 12.1 Å². The molecule has 0 saturated carbocycles. The third kappa shape index (κ3) is 3.85. The average molecular weight is 297 g/mol. The van der Waals surface area contributed by atoms with Gasteiger partial charge in [-0.2, -0.15) is 0 Å². The summed E-state index contributed by atoms with van der Waals surface area (Å²) >= 11 is 0. The van der Waals surface area contributed by atoms with E-state index in [9.17, 15) is 9.59 Å². The first-order valence-corrected chi connectivity index (χ1v) is 6.97. The molecule has 0 aliphatic rings. The van der Waals surface area contributed by atoms with Gasteiger partial charge in [0.05, 0.1) is 6.54 Å².